The highest BCUT2D eigenvalue weighted by Crippen LogP contribution is 2.31. The van der Waals surface area contributed by atoms with E-state index in [0.29, 0.717) is 41.2 Å². The van der Waals surface area contributed by atoms with Gasteiger partial charge < -0.3 is 15.4 Å². The highest BCUT2D eigenvalue weighted by atomic mass is 35.5. The largest absolute Gasteiger partial charge is 0.492 e. The standard InChI is InChI=1S/C17H24Cl2N2O2/c1-12(20)13-7-9-21(10-8-13)16(22)6-3-11-23-15-5-2-4-14(18)17(15)19/h2,4-5,12-13H,3,6-11,20H2,1H3. The minimum Gasteiger partial charge on any atom is -0.492 e. The third-order valence-corrected chi connectivity index (χ3v) is 5.15. The minimum atomic E-state index is 0.189. The van der Waals surface area contributed by atoms with E-state index < -0.39 is 0 Å². The number of carbonyl (C=O) groups is 1. The molecular formula is C17H24Cl2N2O2. The van der Waals surface area contributed by atoms with E-state index in [2.05, 4.69) is 0 Å². The van der Waals surface area contributed by atoms with Gasteiger partial charge in [-0.2, -0.15) is 0 Å². The van der Waals surface area contributed by atoms with Crippen molar-refractivity contribution in [1.82, 2.24) is 4.90 Å². The first-order chi connectivity index (χ1) is 11.0. The molecule has 1 unspecified atom stereocenters. The molecule has 1 aromatic rings. The number of ether oxygens (including phenoxy) is 1. The van der Waals surface area contributed by atoms with E-state index in [0.717, 1.165) is 25.9 Å². The summed E-state index contributed by atoms with van der Waals surface area (Å²) in [6, 6.07) is 5.49. The number of benzene rings is 1. The molecule has 0 bridgehead atoms. The number of carbonyl (C=O) groups excluding carboxylic acids is 1. The third-order valence-electron chi connectivity index (χ3n) is 4.34. The fourth-order valence-electron chi connectivity index (χ4n) is 2.83. The molecule has 4 nitrogen and oxygen atoms in total. The predicted octanol–water partition coefficient (Wildman–Crippen LogP) is 3.74. The highest BCUT2D eigenvalue weighted by molar-refractivity contribution is 6.42. The Morgan fingerprint density at radius 2 is 2.09 bits per heavy atom. The van der Waals surface area contributed by atoms with Crippen LogP contribution in [-0.4, -0.2) is 36.5 Å². The van der Waals surface area contributed by atoms with Crippen molar-refractivity contribution in [3.8, 4) is 5.75 Å². The number of hydrogen-bond donors (Lipinski definition) is 1. The van der Waals surface area contributed by atoms with Crippen LogP contribution in [0.3, 0.4) is 0 Å². The lowest BCUT2D eigenvalue weighted by molar-refractivity contribution is -0.132. The molecule has 0 radical (unpaired) electrons. The topological polar surface area (TPSA) is 55.6 Å². The Labute approximate surface area is 147 Å². The van der Waals surface area contributed by atoms with Crippen LogP contribution in [0.5, 0.6) is 5.75 Å². The van der Waals surface area contributed by atoms with Crippen LogP contribution >= 0.6 is 23.2 Å². The van der Waals surface area contributed by atoms with Crippen LogP contribution in [0, 0.1) is 5.92 Å². The summed E-state index contributed by atoms with van der Waals surface area (Å²) >= 11 is 12.0. The number of hydrogen-bond acceptors (Lipinski definition) is 3. The second-order valence-electron chi connectivity index (χ2n) is 6.08. The number of likely N-dealkylation sites (tertiary alicyclic amines) is 1. The van der Waals surface area contributed by atoms with Crippen molar-refractivity contribution in [1.29, 1.82) is 0 Å². The molecule has 1 aliphatic rings. The monoisotopic (exact) mass is 358 g/mol. The normalized spacial score (nSPS) is 17.1. The number of piperidine rings is 1. The number of rotatable bonds is 6. The molecule has 0 saturated carbocycles. The first-order valence-electron chi connectivity index (χ1n) is 8.09. The molecule has 1 fully saturated rings. The van der Waals surface area contributed by atoms with Crippen LogP contribution in [0.2, 0.25) is 10.0 Å². The van der Waals surface area contributed by atoms with Crippen LogP contribution in [-0.2, 0) is 4.79 Å². The van der Waals surface area contributed by atoms with Crippen LogP contribution in [0.1, 0.15) is 32.6 Å². The number of amides is 1. The molecule has 1 amide bonds. The average molecular weight is 359 g/mol. The lowest BCUT2D eigenvalue weighted by atomic mass is 9.91. The molecule has 0 aliphatic carbocycles. The molecule has 2 rings (SSSR count). The Morgan fingerprint density at radius 3 is 2.74 bits per heavy atom. The lowest BCUT2D eigenvalue weighted by Gasteiger charge is -2.33. The zero-order chi connectivity index (χ0) is 16.8. The van der Waals surface area contributed by atoms with Crippen molar-refractivity contribution in [2.24, 2.45) is 11.7 Å². The zero-order valence-corrected chi connectivity index (χ0v) is 14.9. The average Bonchev–Trinajstić information content (AvgIpc) is 2.55. The van der Waals surface area contributed by atoms with E-state index in [9.17, 15) is 4.79 Å². The van der Waals surface area contributed by atoms with Crippen LogP contribution in [0.25, 0.3) is 0 Å². The molecule has 128 valence electrons. The van der Waals surface area contributed by atoms with Gasteiger partial charge in [-0.1, -0.05) is 29.3 Å². The summed E-state index contributed by atoms with van der Waals surface area (Å²) in [6.45, 7) is 4.11. The van der Waals surface area contributed by atoms with Gasteiger partial charge in [-0.3, -0.25) is 4.79 Å². The van der Waals surface area contributed by atoms with Gasteiger partial charge >= 0.3 is 0 Å². The van der Waals surface area contributed by atoms with Crippen molar-refractivity contribution in [3.63, 3.8) is 0 Å². The SMILES string of the molecule is CC(N)C1CCN(C(=O)CCCOc2cccc(Cl)c2Cl)CC1. The van der Waals surface area contributed by atoms with Crippen molar-refractivity contribution in [2.45, 2.75) is 38.6 Å². The van der Waals surface area contributed by atoms with Gasteiger partial charge in [0, 0.05) is 25.6 Å². The van der Waals surface area contributed by atoms with Crippen LogP contribution < -0.4 is 10.5 Å². The molecule has 1 saturated heterocycles. The molecule has 1 atom stereocenters. The van der Waals surface area contributed by atoms with Gasteiger partial charge in [-0.25, -0.2) is 0 Å². The number of halogens is 2. The van der Waals surface area contributed by atoms with E-state index in [1.807, 2.05) is 11.8 Å². The van der Waals surface area contributed by atoms with E-state index in [-0.39, 0.29) is 11.9 Å². The Morgan fingerprint density at radius 1 is 1.39 bits per heavy atom. The van der Waals surface area contributed by atoms with Gasteiger partial charge in [-0.15, -0.1) is 0 Å². The molecule has 1 aliphatic heterocycles. The van der Waals surface area contributed by atoms with Crippen LogP contribution in [0.4, 0.5) is 0 Å². The maximum atomic E-state index is 12.2. The second-order valence-corrected chi connectivity index (χ2v) is 6.87. The summed E-state index contributed by atoms with van der Waals surface area (Å²) in [5.74, 6) is 1.28. The molecule has 0 spiro atoms. The second kappa shape index (κ2) is 8.76. The van der Waals surface area contributed by atoms with Gasteiger partial charge in [0.15, 0.2) is 0 Å². The summed E-state index contributed by atoms with van der Waals surface area (Å²) < 4.78 is 5.60. The molecule has 23 heavy (non-hydrogen) atoms. The number of nitrogens with two attached hydrogens (primary N) is 1. The van der Waals surface area contributed by atoms with Gasteiger partial charge in [0.1, 0.15) is 10.8 Å². The summed E-state index contributed by atoms with van der Waals surface area (Å²) in [7, 11) is 0. The Bertz CT molecular complexity index is 529. The molecule has 2 N–H and O–H groups in total. The van der Waals surface area contributed by atoms with Gasteiger partial charge in [0.25, 0.3) is 0 Å². The van der Waals surface area contributed by atoms with Crippen molar-refractivity contribution in [2.75, 3.05) is 19.7 Å². The summed E-state index contributed by atoms with van der Waals surface area (Å²) in [5, 5.41) is 0.885. The van der Waals surface area contributed by atoms with E-state index in [1.54, 1.807) is 18.2 Å². The predicted molar refractivity (Wildman–Crippen MR) is 94.1 cm³/mol. The summed E-state index contributed by atoms with van der Waals surface area (Å²) in [5.41, 5.74) is 5.92. The van der Waals surface area contributed by atoms with E-state index in [4.69, 9.17) is 33.7 Å². The molecule has 1 aromatic carbocycles. The molecule has 6 heteroatoms. The molecular weight excluding hydrogens is 335 g/mol. The van der Waals surface area contributed by atoms with E-state index >= 15 is 0 Å². The number of nitrogens with zero attached hydrogens (tertiary/aromatic N) is 1. The molecule has 0 aromatic heterocycles. The fraction of sp³-hybridized carbons (Fsp3) is 0.588. The van der Waals surface area contributed by atoms with Crippen molar-refractivity contribution in [3.05, 3.63) is 28.2 Å². The fourth-order valence-corrected chi connectivity index (χ4v) is 3.18. The summed E-state index contributed by atoms with van der Waals surface area (Å²) in [6.07, 6.45) is 3.14. The lowest BCUT2D eigenvalue weighted by Crippen LogP contribution is -2.42. The first-order valence-corrected chi connectivity index (χ1v) is 8.84. The smallest absolute Gasteiger partial charge is 0.222 e. The third kappa shape index (κ3) is 5.27. The first kappa shape index (κ1) is 18.4. The molecule has 1 heterocycles. The van der Waals surface area contributed by atoms with Crippen molar-refractivity contribution >= 4 is 29.1 Å². The van der Waals surface area contributed by atoms with Gasteiger partial charge in [-0.05, 0) is 44.2 Å². The van der Waals surface area contributed by atoms with Crippen molar-refractivity contribution < 1.29 is 9.53 Å². The Hall–Kier alpha value is -0.970. The minimum absolute atomic E-state index is 0.189. The van der Waals surface area contributed by atoms with Gasteiger partial charge in [0.2, 0.25) is 5.91 Å². The Kier molecular flexibility index (Phi) is 7.00. The van der Waals surface area contributed by atoms with Crippen LogP contribution in [0.15, 0.2) is 18.2 Å². The van der Waals surface area contributed by atoms with Gasteiger partial charge in [0.05, 0.1) is 11.6 Å². The Balaban J connectivity index is 1.68. The quantitative estimate of drug-likeness (QED) is 0.788. The summed E-state index contributed by atoms with van der Waals surface area (Å²) in [4.78, 5) is 14.1. The van der Waals surface area contributed by atoms with E-state index in [1.165, 1.54) is 0 Å². The highest BCUT2D eigenvalue weighted by Gasteiger charge is 2.24. The maximum Gasteiger partial charge on any atom is 0.222 e. The maximum absolute atomic E-state index is 12.2. The zero-order valence-electron chi connectivity index (χ0n) is 13.4.